The average molecular weight is 337 g/mol. The van der Waals surface area contributed by atoms with Gasteiger partial charge in [-0.2, -0.15) is 0 Å². The van der Waals surface area contributed by atoms with E-state index in [0.29, 0.717) is 6.54 Å². The second-order valence-corrected chi connectivity index (χ2v) is 6.77. The van der Waals surface area contributed by atoms with Crippen molar-refractivity contribution in [1.82, 2.24) is 10.2 Å². The molecular weight excluding hydrogens is 310 g/mol. The second kappa shape index (κ2) is 8.79. The predicted octanol–water partition coefficient (Wildman–Crippen LogP) is 2.51. The highest BCUT2D eigenvalue weighted by Crippen LogP contribution is 2.17. The SMILES string of the molecule is NCC(C(=O)NC1CCCN(Cc2ccccc2)C1)c1ccccc1. The highest BCUT2D eigenvalue weighted by Gasteiger charge is 2.25. The lowest BCUT2D eigenvalue weighted by Gasteiger charge is -2.34. The Labute approximate surface area is 150 Å². The first-order valence-electron chi connectivity index (χ1n) is 9.08. The standard InChI is InChI=1S/C21H27N3O/c22-14-20(18-10-5-2-6-11-18)21(25)23-19-12-7-13-24(16-19)15-17-8-3-1-4-9-17/h1-6,8-11,19-20H,7,12-16,22H2,(H,23,25). The molecule has 25 heavy (non-hydrogen) atoms. The molecule has 1 aliphatic rings. The number of nitrogens with zero attached hydrogens (tertiary/aromatic N) is 1. The van der Waals surface area contributed by atoms with Gasteiger partial charge >= 0.3 is 0 Å². The van der Waals surface area contributed by atoms with E-state index < -0.39 is 0 Å². The molecule has 1 fully saturated rings. The molecule has 1 amide bonds. The predicted molar refractivity (Wildman–Crippen MR) is 101 cm³/mol. The highest BCUT2D eigenvalue weighted by molar-refractivity contribution is 5.84. The summed E-state index contributed by atoms with van der Waals surface area (Å²) in [5, 5.41) is 3.22. The molecule has 0 radical (unpaired) electrons. The Morgan fingerprint density at radius 3 is 2.48 bits per heavy atom. The van der Waals surface area contributed by atoms with Gasteiger partial charge in [0.2, 0.25) is 5.91 Å². The Morgan fingerprint density at radius 1 is 1.12 bits per heavy atom. The first kappa shape index (κ1) is 17.6. The lowest BCUT2D eigenvalue weighted by atomic mass is 9.97. The van der Waals surface area contributed by atoms with E-state index in [1.807, 2.05) is 36.4 Å². The lowest BCUT2D eigenvalue weighted by Crippen LogP contribution is -2.49. The van der Waals surface area contributed by atoms with Crippen LogP contribution in [-0.2, 0) is 11.3 Å². The van der Waals surface area contributed by atoms with Crippen molar-refractivity contribution in [3.63, 3.8) is 0 Å². The highest BCUT2D eigenvalue weighted by atomic mass is 16.2. The number of likely N-dealkylation sites (tertiary alicyclic amines) is 1. The molecule has 3 N–H and O–H groups in total. The molecule has 2 aromatic rings. The number of benzene rings is 2. The van der Waals surface area contributed by atoms with Crippen LogP contribution in [0.4, 0.5) is 0 Å². The molecule has 1 aliphatic heterocycles. The summed E-state index contributed by atoms with van der Waals surface area (Å²) in [5.74, 6) is -0.231. The molecule has 1 saturated heterocycles. The van der Waals surface area contributed by atoms with Gasteiger partial charge in [0.15, 0.2) is 0 Å². The Balaban J connectivity index is 1.57. The molecule has 3 rings (SSSR count). The van der Waals surface area contributed by atoms with Crippen LogP contribution >= 0.6 is 0 Å². The molecule has 2 atom stereocenters. The van der Waals surface area contributed by atoms with Crippen LogP contribution in [0.2, 0.25) is 0 Å². The first-order valence-corrected chi connectivity index (χ1v) is 9.08. The fourth-order valence-corrected chi connectivity index (χ4v) is 3.54. The summed E-state index contributed by atoms with van der Waals surface area (Å²) in [4.78, 5) is 15.1. The van der Waals surface area contributed by atoms with Gasteiger partial charge in [0.1, 0.15) is 0 Å². The summed E-state index contributed by atoms with van der Waals surface area (Å²) in [6.07, 6.45) is 2.14. The van der Waals surface area contributed by atoms with Gasteiger partial charge < -0.3 is 11.1 Å². The number of amides is 1. The molecule has 2 unspecified atom stereocenters. The molecule has 4 nitrogen and oxygen atoms in total. The van der Waals surface area contributed by atoms with Gasteiger partial charge in [0.25, 0.3) is 0 Å². The van der Waals surface area contributed by atoms with E-state index in [2.05, 4.69) is 34.5 Å². The van der Waals surface area contributed by atoms with Gasteiger partial charge in [-0.25, -0.2) is 0 Å². The number of nitrogens with one attached hydrogen (secondary N) is 1. The second-order valence-electron chi connectivity index (χ2n) is 6.77. The van der Waals surface area contributed by atoms with Gasteiger partial charge in [0.05, 0.1) is 5.92 Å². The molecule has 2 aromatic carbocycles. The van der Waals surface area contributed by atoms with E-state index in [-0.39, 0.29) is 17.9 Å². The van der Waals surface area contributed by atoms with E-state index in [0.717, 1.165) is 38.0 Å². The molecule has 0 spiro atoms. The summed E-state index contributed by atoms with van der Waals surface area (Å²) < 4.78 is 0. The van der Waals surface area contributed by atoms with Gasteiger partial charge in [-0.3, -0.25) is 9.69 Å². The maximum absolute atomic E-state index is 12.7. The van der Waals surface area contributed by atoms with Crippen molar-refractivity contribution in [2.75, 3.05) is 19.6 Å². The van der Waals surface area contributed by atoms with E-state index in [1.165, 1.54) is 5.56 Å². The summed E-state index contributed by atoms with van der Waals surface area (Å²) in [5.41, 5.74) is 8.17. The van der Waals surface area contributed by atoms with Crippen LogP contribution in [0, 0.1) is 0 Å². The molecule has 0 saturated carbocycles. The van der Waals surface area contributed by atoms with Gasteiger partial charge in [-0.15, -0.1) is 0 Å². The van der Waals surface area contributed by atoms with E-state index >= 15 is 0 Å². The third kappa shape index (κ3) is 4.91. The molecule has 1 heterocycles. The Hall–Kier alpha value is -2.17. The van der Waals surface area contributed by atoms with Crippen LogP contribution in [0.5, 0.6) is 0 Å². The maximum Gasteiger partial charge on any atom is 0.229 e. The normalized spacial score (nSPS) is 19.3. The summed E-state index contributed by atoms with van der Waals surface area (Å²) in [7, 11) is 0. The van der Waals surface area contributed by atoms with Crippen LogP contribution in [-0.4, -0.2) is 36.5 Å². The number of piperidine rings is 1. The van der Waals surface area contributed by atoms with Crippen molar-refractivity contribution in [2.24, 2.45) is 5.73 Å². The summed E-state index contributed by atoms with van der Waals surface area (Å²) in [6, 6.07) is 20.5. The van der Waals surface area contributed by atoms with Gasteiger partial charge in [0, 0.05) is 25.7 Å². The lowest BCUT2D eigenvalue weighted by molar-refractivity contribution is -0.123. The van der Waals surface area contributed by atoms with Crippen LogP contribution in [0.3, 0.4) is 0 Å². The van der Waals surface area contributed by atoms with E-state index in [9.17, 15) is 4.79 Å². The van der Waals surface area contributed by atoms with Crippen molar-refractivity contribution in [3.05, 3.63) is 71.8 Å². The maximum atomic E-state index is 12.7. The number of carbonyl (C=O) groups is 1. The zero-order valence-corrected chi connectivity index (χ0v) is 14.6. The minimum Gasteiger partial charge on any atom is -0.352 e. The molecular formula is C21H27N3O. The van der Waals surface area contributed by atoms with E-state index in [1.54, 1.807) is 0 Å². The molecule has 0 bridgehead atoms. The number of nitrogens with two attached hydrogens (primary N) is 1. The Bertz CT molecular complexity index is 659. The zero-order valence-electron chi connectivity index (χ0n) is 14.6. The minimum absolute atomic E-state index is 0.0419. The van der Waals surface area contributed by atoms with Crippen molar-refractivity contribution in [3.8, 4) is 0 Å². The van der Waals surface area contributed by atoms with Crippen molar-refractivity contribution < 1.29 is 4.79 Å². The smallest absolute Gasteiger partial charge is 0.229 e. The van der Waals surface area contributed by atoms with E-state index in [4.69, 9.17) is 5.73 Å². The number of hydrogen-bond acceptors (Lipinski definition) is 3. The van der Waals surface area contributed by atoms with Crippen LogP contribution in [0.25, 0.3) is 0 Å². The third-order valence-corrected chi connectivity index (χ3v) is 4.86. The fraction of sp³-hybridized carbons (Fsp3) is 0.381. The van der Waals surface area contributed by atoms with Crippen molar-refractivity contribution in [1.29, 1.82) is 0 Å². The quantitative estimate of drug-likeness (QED) is 0.851. The van der Waals surface area contributed by atoms with Crippen molar-refractivity contribution in [2.45, 2.75) is 31.3 Å². The average Bonchev–Trinajstić information content (AvgIpc) is 2.64. The number of rotatable bonds is 6. The minimum atomic E-state index is -0.273. The zero-order chi connectivity index (χ0) is 17.5. The van der Waals surface area contributed by atoms with Crippen molar-refractivity contribution >= 4 is 5.91 Å². The van der Waals surface area contributed by atoms with Crippen LogP contribution in [0.15, 0.2) is 60.7 Å². The third-order valence-electron chi connectivity index (χ3n) is 4.86. The summed E-state index contributed by atoms with van der Waals surface area (Å²) in [6.45, 7) is 3.25. The molecule has 0 aromatic heterocycles. The van der Waals surface area contributed by atoms with Gasteiger partial charge in [-0.05, 0) is 30.5 Å². The molecule has 132 valence electrons. The topological polar surface area (TPSA) is 58.4 Å². The largest absolute Gasteiger partial charge is 0.352 e. The monoisotopic (exact) mass is 337 g/mol. The fourth-order valence-electron chi connectivity index (χ4n) is 3.54. The number of carbonyl (C=O) groups excluding carboxylic acids is 1. The molecule has 4 heteroatoms. The first-order chi connectivity index (χ1) is 12.3. The van der Waals surface area contributed by atoms with Crippen LogP contribution < -0.4 is 11.1 Å². The Morgan fingerprint density at radius 2 is 1.80 bits per heavy atom. The van der Waals surface area contributed by atoms with Crippen LogP contribution in [0.1, 0.15) is 29.9 Å². The number of hydrogen-bond donors (Lipinski definition) is 2. The Kier molecular flexibility index (Phi) is 6.20. The molecule has 0 aliphatic carbocycles. The summed E-state index contributed by atoms with van der Waals surface area (Å²) >= 11 is 0. The van der Waals surface area contributed by atoms with Gasteiger partial charge in [-0.1, -0.05) is 60.7 Å².